The van der Waals surface area contributed by atoms with Crippen LogP contribution >= 0.6 is 25.7 Å². The van der Waals surface area contributed by atoms with Gasteiger partial charge in [-0.05, 0) is 71.9 Å². The van der Waals surface area contributed by atoms with Crippen molar-refractivity contribution in [3.05, 3.63) is 143 Å². The van der Waals surface area contributed by atoms with E-state index < -0.39 is 82.1 Å². The number of fused-ring (bicyclic) bond motifs is 7. The van der Waals surface area contributed by atoms with Gasteiger partial charge in [0.15, 0.2) is 47.4 Å². The molecular weight excluding hydrogens is 1170 g/mol. The molecule has 8 heterocycles. The SMILES string of the molecule is BP(=O)(OC[C@H]1O[C@@H](n2cnc3c(N)ncnc32)[C@H](F)[C@@H]1OP(=O)(OCC)SCc1ccc(OC(=O)c2ccc(OCCn3nnc4c3-c3ccccc3N(C)Cc3ccccc3-4)cc2)cc1)O[C@@H]1CO[C@@H](n2cnc3c(=O)[nH]c(N)nc32)[C@@H]1F. The van der Waals surface area contributed by atoms with Crippen LogP contribution in [0.1, 0.15) is 40.9 Å². The third-order valence-corrected chi connectivity index (χ3v) is 19.3. The van der Waals surface area contributed by atoms with E-state index >= 15 is 8.78 Å². The highest BCUT2D eigenvalue weighted by molar-refractivity contribution is 8.54. The van der Waals surface area contributed by atoms with Crippen LogP contribution in [-0.4, -0.2) is 132 Å². The first-order valence-electron chi connectivity index (χ1n) is 26.6. The molecule has 9 atom stereocenters. The molecule has 0 spiro atoms. The average Bonchev–Trinajstić information content (AvgIpc) is 2.16. The second-order valence-corrected chi connectivity index (χ2v) is 25.9. The van der Waals surface area contributed by atoms with Crippen LogP contribution in [0, 0.1) is 0 Å². The van der Waals surface area contributed by atoms with Crippen molar-refractivity contribution in [2.24, 2.45) is 0 Å². The van der Waals surface area contributed by atoms with Crippen LogP contribution in [0.3, 0.4) is 0 Å². The fraction of sp³-hybridized carbons (Fsp3) is 0.302. The van der Waals surface area contributed by atoms with Crippen molar-refractivity contribution in [2.75, 3.05) is 49.8 Å². The van der Waals surface area contributed by atoms with Crippen LogP contribution in [0.4, 0.5) is 26.2 Å². The Morgan fingerprint density at radius 2 is 1.59 bits per heavy atom. The Bertz CT molecular complexity index is 4110. The number of halogens is 2. The number of benzene rings is 4. The van der Waals surface area contributed by atoms with Crippen molar-refractivity contribution < 1.29 is 59.7 Å². The lowest BCUT2D eigenvalue weighted by molar-refractivity contribution is -0.0422. The number of carbonyl (C=O) groups excluding carboxylic acids is 1. The van der Waals surface area contributed by atoms with Gasteiger partial charge in [0.25, 0.3) is 20.6 Å². The van der Waals surface area contributed by atoms with Gasteiger partial charge in [0.1, 0.15) is 54.0 Å². The maximum atomic E-state index is 17.0. The highest BCUT2D eigenvalue weighted by atomic mass is 32.7. The number of carbonyl (C=O) groups is 1. The molecule has 5 aromatic heterocycles. The van der Waals surface area contributed by atoms with Crippen LogP contribution in [0.25, 0.3) is 44.8 Å². The Labute approximate surface area is 486 Å². The molecule has 3 aliphatic heterocycles. The second-order valence-electron chi connectivity index (χ2n) is 19.9. The number of ether oxygens (including phenoxy) is 4. The number of aromatic amines is 1. The maximum Gasteiger partial charge on any atom is 0.389 e. The number of aromatic nitrogens is 11. The van der Waals surface area contributed by atoms with Gasteiger partial charge in [-0.15, -0.1) is 5.10 Å². The summed E-state index contributed by atoms with van der Waals surface area (Å²) in [7, 11) is -1.10. The topological polar surface area (TPSA) is 318 Å². The number of anilines is 3. The molecule has 2 unspecified atom stereocenters. The van der Waals surface area contributed by atoms with Gasteiger partial charge in [-0.1, -0.05) is 59.8 Å². The van der Waals surface area contributed by atoms with Gasteiger partial charge in [-0.2, -0.15) is 4.98 Å². The number of para-hydroxylation sites is 1. The summed E-state index contributed by atoms with van der Waals surface area (Å²) in [6, 6.07) is 29.4. The Kier molecular flexibility index (Phi) is 16.1. The van der Waals surface area contributed by atoms with E-state index in [1.807, 2.05) is 28.9 Å². The molecule has 85 heavy (non-hydrogen) atoms. The summed E-state index contributed by atoms with van der Waals surface area (Å²) in [5, 5.41) is 9.18. The number of nitrogens with two attached hydrogens (primary N) is 2. The fourth-order valence-electron chi connectivity index (χ4n) is 10.2. The minimum absolute atomic E-state index is 0.0156. The highest BCUT2D eigenvalue weighted by Crippen LogP contribution is 2.64. The van der Waals surface area contributed by atoms with Crippen LogP contribution in [0.2, 0.25) is 0 Å². The molecule has 0 saturated carbocycles. The van der Waals surface area contributed by atoms with Crippen LogP contribution in [0.15, 0.2) is 121 Å². The quantitative estimate of drug-likeness (QED) is 0.0299. The number of nitrogen functional groups attached to an aromatic ring is 2. The van der Waals surface area contributed by atoms with E-state index in [0.29, 0.717) is 17.9 Å². The Hall–Kier alpha value is -7.92. The zero-order valence-electron chi connectivity index (χ0n) is 45.5. The first-order valence-corrected chi connectivity index (χ1v) is 31.7. The number of nitrogens with one attached hydrogen (secondary N) is 1. The zero-order valence-corrected chi connectivity index (χ0v) is 48.1. The molecule has 26 nitrogen and oxygen atoms in total. The zero-order chi connectivity index (χ0) is 59.1. The standard InChI is InChI=1S/C53H53BF2N14O12P2S/c1-3-77-84(74,82-45-38(80-51(40(45)56)68-27-61-42-46(57)59-26-60-47(42)68)24-78-83(54,73)81-37-23-76-50(39(37)55)69-28-62-43-48(69)63-53(58)64-49(43)71)85-25-29-12-16-33(17-13-29)79-52(72)30-14-18-32(19-15-30)75-21-20-70-44-35-10-6-7-11-36(35)67(2)22-31-8-4-5-9-34(31)41(44)65-66-70/h4-19,26-28,37-40,45,50-51H,3,20-25,54H2,1-2H3,(H2,57,59,60)(H3,58,63,64,71)/t37-,38-,39-,40-,45-,50-,51-,83?,84?/m1/s1. The van der Waals surface area contributed by atoms with Gasteiger partial charge in [0.2, 0.25) is 5.95 Å². The predicted octanol–water partition coefficient (Wildman–Crippen LogP) is 7.01. The first kappa shape index (κ1) is 57.5. The van der Waals surface area contributed by atoms with Crippen molar-refractivity contribution >= 4 is 79.0 Å². The van der Waals surface area contributed by atoms with Gasteiger partial charge in [-0.3, -0.25) is 28.0 Å². The van der Waals surface area contributed by atoms with Crippen molar-refractivity contribution in [3.63, 3.8) is 0 Å². The number of rotatable bonds is 20. The molecular formula is C53H53BF2N14O12P2S. The monoisotopic (exact) mass is 1220 g/mol. The third kappa shape index (κ3) is 11.8. The lowest BCUT2D eigenvalue weighted by Gasteiger charge is -2.26. The smallest absolute Gasteiger partial charge is 0.389 e. The largest absolute Gasteiger partial charge is 0.492 e. The molecule has 0 bridgehead atoms. The molecule has 4 aromatic carbocycles. The number of imidazole rings is 2. The second kappa shape index (κ2) is 23.9. The van der Waals surface area contributed by atoms with Crippen molar-refractivity contribution in [3.8, 4) is 34.0 Å². The van der Waals surface area contributed by atoms with E-state index in [4.69, 9.17) is 48.5 Å². The predicted molar refractivity (Wildman–Crippen MR) is 310 cm³/mol. The number of hydrogen-bond acceptors (Lipinski definition) is 23. The Balaban J connectivity index is 0.674. The molecule has 12 rings (SSSR count). The lowest BCUT2D eigenvalue weighted by atomic mass is 9.96. The normalized spacial score (nSPS) is 21.6. The van der Waals surface area contributed by atoms with E-state index in [-0.39, 0.29) is 64.4 Å². The van der Waals surface area contributed by atoms with Crippen LogP contribution in [0.5, 0.6) is 11.5 Å². The first-order chi connectivity index (χ1) is 41.0. The molecule has 9 aromatic rings. The summed E-state index contributed by atoms with van der Waals surface area (Å²) in [5.74, 6) is -0.0582. The average molecular weight is 1220 g/mol. The van der Waals surface area contributed by atoms with Gasteiger partial charge in [0.05, 0.1) is 50.3 Å². The number of H-pyrrole nitrogens is 1. The van der Waals surface area contributed by atoms with Crippen molar-refractivity contribution in [1.82, 2.24) is 54.0 Å². The molecule has 0 aliphatic carbocycles. The molecule has 440 valence electrons. The maximum absolute atomic E-state index is 17.0. The van der Waals surface area contributed by atoms with Crippen molar-refractivity contribution in [1.29, 1.82) is 0 Å². The van der Waals surface area contributed by atoms with Crippen molar-refractivity contribution in [2.45, 2.75) is 68.9 Å². The number of hydrogen-bond donors (Lipinski definition) is 3. The molecule has 2 fully saturated rings. The Morgan fingerprint density at radius 1 is 0.859 bits per heavy atom. The van der Waals surface area contributed by atoms with Gasteiger partial charge in [-0.25, -0.2) is 42.8 Å². The molecule has 3 aliphatic rings. The van der Waals surface area contributed by atoms with E-state index in [9.17, 15) is 18.7 Å². The number of alkyl halides is 2. The van der Waals surface area contributed by atoms with Crippen LogP contribution < -0.4 is 31.4 Å². The summed E-state index contributed by atoms with van der Waals surface area (Å²) < 4.78 is 113. The minimum atomic E-state index is -4.29. The molecule has 0 amide bonds. The number of esters is 1. The third-order valence-electron chi connectivity index (χ3n) is 14.2. The summed E-state index contributed by atoms with van der Waals surface area (Å²) >= 11 is 0.758. The summed E-state index contributed by atoms with van der Waals surface area (Å²) in [6.45, 7) is -2.52. The molecule has 5 N–H and O–H groups in total. The minimum Gasteiger partial charge on any atom is -0.492 e. The van der Waals surface area contributed by atoms with Gasteiger partial charge in [0, 0.05) is 36.2 Å². The van der Waals surface area contributed by atoms with Gasteiger partial charge >= 0.3 is 12.8 Å². The molecule has 0 radical (unpaired) electrons. The van der Waals surface area contributed by atoms with E-state index in [1.165, 1.54) is 10.9 Å². The number of nitrogens with zero attached hydrogens (tertiary/aromatic N) is 11. The molecule has 32 heteroatoms. The van der Waals surface area contributed by atoms with E-state index in [0.717, 1.165) is 76.5 Å². The summed E-state index contributed by atoms with van der Waals surface area (Å²) in [4.78, 5) is 50.6. The van der Waals surface area contributed by atoms with Gasteiger partial charge < -0.3 is 48.9 Å². The summed E-state index contributed by atoms with van der Waals surface area (Å²) in [6.07, 6.45) is -8.09. The highest BCUT2D eigenvalue weighted by Gasteiger charge is 2.52. The summed E-state index contributed by atoms with van der Waals surface area (Å²) in [5.41, 5.74) is 18.0. The fourth-order valence-corrected chi connectivity index (χ4v) is 14.9. The van der Waals surface area contributed by atoms with E-state index in [1.54, 1.807) is 55.5 Å². The lowest BCUT2D eigenvalue weighted by Crippen LogP contribution is -2.34. The van der Waals surface area contributed by atoms with Crippen LogP contribution in [-0.2, 0) is 55.5 Å². The van der Waals surface area contributed by atoms with E-state index in [2.05, 4.69) is 76.4 Å². The molecule has 2 saturated heterocycles. The Morgan fingerprint density at radius 3 is 2.38 bits per heavy atom.